The van der Waals surface area contributed by atoms with Gasteiger partial charge in [-0.15, -0.1) is 0 Å². The Hall–Kier alpha value is -1.10. The van der Waals surface area contributed by atoms with Crippen molar-refractivity contribution in [3.05, 3.63) is 0 Å². The zero-order valence-electron chi connectivity index (χ0n) is 10.2. The number of carbonyl (C=O) groups is 2. The van der Waals surface area contributed by atoms with E-state index in [-0.39, 0.29) is 24.5 Å². The highest BCUT2D eigenvalue weighted by atomic mass is 16.5. The van der Waals surface area contributed by atoms with Gasteiger partial charge >= 0.3 is 5.97 Å². The number of carbonyl (C=O) groups excluding carboxylic acids is 2. The zero-order valence-corrected chi connectivity index (χ0v) is 10.2. The van der Waals surface area contributed by atoms with Gasteiger partial charge < -0.3 is 15.4 Å². The van der Waals surface area contributed by atoms with E-state index in [1.54, 1.807) is 6.92 Å². The fourth-order valence-corrected chi connectivity index (χ4v) is 1.47. The second kappa shape index (κ2) is 4.82. The molecule has 0 aromatic carbocycles. The van der Waals surface area contributed by atoms with Crippen molar-refractivity contribution in [2.24, 2.45) is 5.73 Å². The molecular formula is C11H20N2O3. The highest BCUT2D eigenvalue weighted by Gasteiger charge is 2.48. The molecule has 1 saturated carbocycles. The number of amides is 1. The summed E-state index contributed by atoms with van der Waals surface area (Å²) in [4.78, 5) is 24.8. The molecule has 5 nitrogen and oxygen atoms in total. The van der Waals surface area contributed by atoms with E-state index in [2.05, 4.69) is 0 Å². The van der Waals surface area contributed by atoms with Crippen LogP contribution in [-0.2, 0) is 14.3 Å². The number of hydrogen-bond acceptors (Lipinski definition) is 4. The standard InChI is InChI=1S/C11H20N2O3/c1-4-16-9(14)7-13(8(2)3)10(15)11(12)5-6-11/h8H,4-7,12H2,1-3H3. The van der Waals surface area contributed by atoms with Crippen molar-refractivity contribution in [1.29, 1.82) is 0 Å². The zero-order chi connectivity index (χ0) is 12.3. The lowest BCUT2D eigenvalue weighted by molar-refractivity contribution is -0.150. The van der Waals surface area contributed by atoms with Crippen molar-refractivity contribution < 1.29 is 14.3 Å². The predicted molar refractivity (Wildman–Crippen MR) is 59.6 cm³/mol. The number of nitrogens with zero attached hydrogens (tertiary/aromatic N) is 1. The first-order chi connectivity index (χ1) is 7.40. The molecule has 0 bridgehead atoms. The first kappa shape index (κ1) is 13.0. The van der Waals surface area contributed by atoms with Gasteiger partial charge in [-0.25, -0.2) is 0 Å². The van der Waals surface area contributed by atoms with Crippen molar-refractivity contribution in [3.63, 3.8) is 0 Å². The molecule has 0 aromatic heterocycles. The minimum absolute atomic E-state index is 0.0106. The maximum atomic E-state index is 12.0. The number of hydrogen-bond donors (Lipinski definition) is 1. The quantitative estimate of drug-likeness (QED) is 0.686. The SMILES string of the molecule is CCOC(=O)CN(C(=O)C1(N)CC1)C(C)C. The first-order valence-electron chi connectivity index (χ1n) is 5.66. The summed E-state index contributed by atoms with van der Waals surface area (Å²) < 4.78 is 4.83. The normalized spacial score (nSPS) is 17.1. The maximum Gasteiger partial charge on any atom is 0.325 e. The Morgan fingerprint density at radius 2 is 2.00 bits per heavy atom. The van der Waals surface area contributed by atoms with Gasteiger partial charge in [-0.1, -0.05) is 0 Å². The number of nitrogens with two attached hydrogens (primary N) is 1. The molecule has 1 amide bonds. The number of rotatable bonds is 5. The van der Waals surface area contributed by atoms with Gasteiger partial charge in [0, 0.05) is 6.04 Å². The minimum Gasteiger partial charge on any atom is -0.465 e. The van der Waals surface area contributed by atoms with E-state index in [1.165, 1.54) is 4.90 Å². The lowest BCUT2D eigenvalue weighted by Crippen LogP contribution is -2.50. The van der Waals surface area contributed by atoms with Crippen molar-refractivity contribution >= 4 is 11.9 Å². The van der Waals surface area contributed by atoms with Gasteiger partial charge in [0.1, 0.15) is 6.54 Å². The highest BCUT2D eigenvalue weighted by molar-refractivity contribution is 5.91. The lowest BCUT2D eigenvalue weighted by atomic mass is 10.2. The van der Waals surface area contributed by atoms with Crippen LogP contribution in [0.25, 0.3) is 0 Å². The van der Waals surface area contributed by atoms with Crippen LogP contribution in [0, 0.1) is 0 Å². The summed E-state index contributed by atoms with van der Waals surface area (Å²) in [7, 11) is 0. The van der Waals surface area contributed by atoms with Gasteiger partial charge in [-0.3, -0.25) is 9.59 Å². The Bertz CT molecular complexity index is 285. The summed E-state index contributed by atoms with van der Waals surface area (Å²) in [5.41, 5.74) is 5.11. The van der Waals surface area contributed by atoms with Gasteiger partial charge in [-0.05, 0) is 33.6 Å². The molecule has 0 unspecified atom stereocenters. The fraction of sp³-hybridized carbons (Fsp3) is 0.818. The van der Waals surface area contributed by atoms with Gasteiger partial charge in [0.2, 0.25) is 5.91 Å². The van der Waals surface area contributed by atoms with Crippen molar-refractivity contribution in [2.75, 3.05) is 13.2 Å². The van der Waals surface area contributed by atoms with Crippen LogP contribution in [0.2, 0.25) is 0 Å². The van der Waals surface area contributed by atoms with E-state index < -0.39 is 5.54 Å². The molecule has 2 N–H and O–H groups in total. The first-order valence-corrected chi connectivity index (χ1v) is 5.66. The minimum atomic E-state index is -0.725. The van der Waals surface area contributed by atoms with E-state index in [1.807, 2.05) is 13.8 Å². The largest absolute Gasteiger partial charge is 0.465 e. The maximum absolute atomic E-state index is 12.0. The van der Waals surface area contributed by atoms with Crippen LogP contribution < -0.4 is 5.73 Å². The molecule has 0 heterocycles. The number of esters is 1. The molecule has 0 atom stereocenters. The van der Waals surface area contributed by atoms with Crippen LogP contribution in [0.1, 0.15) is 33.6 Å². The van der Waals surface area contributed by atoms with E-state index in [9.17, 15) is 9.59 Å². The Morgan fingerprint density at radius 3 is 2.38 bits per heavy atom. The van der Waals surface area contributed by atoms with Crippen LogP contribution in [0.5, 0.6) is 0 Å². The lowest BCUT2D eigenvalue weighted by Gasteiger charge is -2.28. The molecule has 1 aliphatic rings. The molecule has 1 fully saturated rings. The topological polar surface area (TPSA) is 72.6 Å². The van der Waals surface area contributed by atoms with Gasteiger partial charge in [0.15, 0.2) is 0 Å². The molecule has 5 heteroatoms. The third kappa shape index (κ3) is 2.95. The molecule has 0 spiro atoms. The summed E-state index contributed by atoms with van der Waals surface area (Å²) in [6.07, 6.45) is 1.41. The molecule has 16 heavy (non-hydrogen) atoms. The van der Waals surface area contributed by atoms with Crippen LogP contribution in [0.4, 0.5) is 0 Å². The Balaban J connectivity index is 2.61. The average Bonchev–Trinajstić information content (AvgIpc) is 2.93. The van der Waals surface area contributed by atoms with Crippen molar-refractivity contribution in [1.82, 2.24) is 4.90 Å². The summed E-state index contributed by atoms with van der Waals surface area (Å²) in [6.45, 7) is 5.78. The smallest absolute Gasteiger partial charge is 0.325 e. The van der Waals surface area contributed by atoms with Crippen LogP contribution in [-0.4, -0.2) is 41.5 Å². The van der Waals surface area contributed by atoms with Crippen LogP contribution >= 0.6 is 0 Å². The summed E-state index contributed by atoms with van der Waals surface area (Å²) in [5.74, 6) is -0.524. The molecule has 0 aliphatic heterocycles. The molecule has 1 rings (SSSR count). The molecule has 1 aliphatic carbocycles. The highest BCUT2D eigenvalue weighted by Crippen LogP contribution is 2.34. The predicted octanol–water partition coefficient (Wildman–Crippen LogP) is 0.278. The van der Waals surface area contributed by atoms with Crippen molar-refractivity contribution in [3.8, 4) is 0 Å². The van der Waals surface area contributed by atoms with Gasteiger partial charge in [0.05, 0.1) is 12.1 Å². The summed E-state index contributed by atoms with van der Waals surface area (Å²) in [5, 5.41) is 0. The fourth-order valence-electron chi connectivity index (χ4n) is 1.47. The Morgan fingerprint density at radius 1 is 1.44 bits per heavy atom. The van der Waals surface area contributed by atoms with Gasteiger partial charge in [-0.2, -0.15) is 0 Å². The Kier molecular flexibility index (Phi) is 3.91. The van der Waals surface area contributed by atoms with E-state index in [0.29, 0.717) is 19.4 Å². The monoisotopic (exact) mass is 228 g/mol. The molecule has 0 radical (unpaired) electrons. The van der Waals surface area contributed by atoms with E-state index in [4.69, 9.17) is 10.5 Å². The molecule has 0 aromatic rings. The molecular weight excluding hydrogens is 208 g/mol. The molecule has 0 saturated heterocycles. The van der Waals surface area contributed by atoms with E-state index in [0.717, 1.165) is 0 Å². The third-order valence-corrected chi connectivity index (χ3v) is 2.70. The average molecular weight is 228 g/mol. The Labute approximate surface area is 95.9 Å². The van der Waals surface area contributed by atoms with Crippen LogP contribution in [0.3, 0.4) is 0 Å². The summed E-state index contributed by atoms with van der Waals surface area (Å²) in [6, 6.07) is -0.0436. The second-order valence-corrected chi connectivity index (χ2v) is 4.49. The van der Waals surface area contributed by atoms with Crippen molar-refractivity contribution in [2.45, 2.75) is 45.2 Å². The second-order valence-electron chi connectivity index (χ2n) is 4.49. The molecule has 92 valence electrons. The summed E-state index contributed by atoms with van der Waals surface area (Å²) >= 11 is 0. The van der Waals surface area contributed by atoms with E-state index >= 15 is 0 Å². The number of ether oxygens (including phenoxy) is 1. The van der Waals surface area contributed by atoms with Crippen LogP contribution in [0.15, 0.2) is 0 Å². The van der Waals surface area contributed by atoms with Gasteiger partial charge in [0.25, 0.3) is 0 Å². The third-order valence-electron chi connectivity index (χ3n) is 2.70.